The Morgan fingerprint density at radius 3 is 2.55 bits per heavy atom. The minimum absolute atomic E-state index is 0.102. The van der Waals surface area contributed by atoms with E-state index in [4.69, 9.17) is 0 Å². The van der Waals surface area contributed by atoms with Crippen molar-refractivity contribution in [2.75, 3.05) is 0 Å². The first-order chi connectivity index (χ1) is 10.6. The van der Waals surface area contributed by atoms with Crippen molar-refractivity contribution in [3.05, 3.63) is 65.7 Å². The van der Waals surface area contributed by atoms with Crippen LogP contribution >= 0.6 is 27.7 Å². The molecule has 0 bridgehead atoms. The Balaban J connectivity index is 1.81. The van der Waals surface area contributed by atoms with Crippen LogP contribution in [-0.2, 0) is 0 Å². The van der Waals surface area contributed by atoms with Gasteiger partial charge in [0, 0.05) is 27.7 Å². The third kappa shape index (κ3) is 3.33. The summed E-state index contributed by atoms with van der Waals surface area (Å²) in [5.74, 6) is 0.238. The number of Topliss-reactive ketones (excluding diaryl/α,β-unsaturated/α-hetero) is 2. The second kappa shape index (κ2) is 6.80. The fraction of sp³-hybridized carbons (Fsp3) is 0.222. The number of fused-ring (bicyclic) bond motifs is 1. The zero-order valence-corrected chi connectivity index (χ0v) is 14.3. The Labute approximate surface area is 142 Å². The first-order valence-corrected chi connectivity index (χ1v) is 8.97. The molecule has 2 aromatic rings. The first-order valence-electron chi connectivity index (χ1n) is 7.17. The predicted molar refractivity (Wildman–Crippen MR) is 93.1 cm³/mol. The van der Waals surface area contributed by atoms with E-state index < -0.39 is 0 Å². The molecule has 0 N–H and O–H groups in total. The van der Waals surface area contributed by atoms with Gasteiger partial charge < -0.3 is 0 Å². The number of rotatable bonds is 3. The molecule has 0 spiro atoms. The molecule has 0 aromatic heterocycles. The Morgan fingerprint density at radius 1 is 1.09 bits per heavy atom. The van der Waals surface area contributed by atoms with Crippen molar-refractivity contribution >= 4 is 39.3 Å². The molecule has 0 fully saturated rings. The Morgan fingerprint density at radius 2 is 1.77 bits per heavy atom. The minimum atomic E-state index is -0.225. The van der Waals surface area contributed by atoms with Crippen LogP contribution in [0.25, 0.3) is 0 Å². The van der Waals surface area contributed by atoms with E-state index in [1.54, 1.807) is 11.8 Å². The van der Waals surface area contributed by atoms with E-state index in [-0.39, 0.29) is 21.6 Å². The van der Waals surface area contributed by atoms with Crippen molar-refractivity contribution in [2.45, 2.75) is 27.8 Å². The van der Waals surface area contributed by atoms with Crippen LogP contribution in [0.2, 0.25) is 0 Å². The Hall–Kier alpha value is -1.39. The van der Waals surface area contributed by atoms with Gasteiger partial charge in [0.15, 0.2) is 11.6 Å². The molecule has 0 amide bonds. The molecule has 0 radical (unpaired) electrons. The quantitative estimate of drug-likeness (QED) is 0.573. The third-order valence-electron chi connectivity index (χ3n) is 3.71. The van der Waals surface area contributed by atoms with Gasteiger partial charge in [-0.2, -0.15) is 0 Å². The summed E-state index contributed by atoms with van der Waals surface area (Å²) >= 11 is 5.12. The minimum Gasteiger partial charge on any atom is -0.294 e. The average Bonchev–Trinajstić information content (AvgIpc) is 2.66. The second-order valence-corrected chi connectivity index (χ2v) is 7.74. The highest BCUT2D eigenvalue weighted by molar-refractivity contribution is 9.10. The molecule has 2 nitrogen and oxygen atoms in total. The van der Waals surface area contributed by atoms with Crippen molar-refractivity contribution in [1.82, 2.24) is 0 Å². The van der Waals surface area contributed by atoms with E-state index in [0.717, 1.165) is 16.0 Å². The van der Waals surface area contributed by atoms with Crippen LogP contribution in [0, 0.1) is 0 Å². The zero-order chi connectivity index (χ0) is 15.5. The van der Waals surface area contributed by atoms with E-state index in [0.29, 0.717) is 12.8 Å². The van der Waals surface area contributed by atoms with Crippen molar-refractivity contribution in [3.63, 3.8) is 0 Å². The van der Waals surface area contributed by atoms with Crippen molar-refractivity contribution in [1.29, 1.82) is 0 Å². The van der Waals surface area contributed by atoms with Gasteiger partial charge in [0.25, 0.3) is 0 Å². The lowest BCUT2D eigenvalue weighted by Crippen LogP contribution is -2.18. The van der Waals surface area contributed by atoms with Gasteiger partial charge in [0.05, 0.1) is 4.83 Å². The van der Waals surface area contributed by atoms with Crippen molar-refractivity contribution in [2.24, 2.45) is 0 Å². The standard InChI is InChI=1S/C18H15BrO2S/c19-15-10-13(11-16(20)12-6-2-1-3-7-12)22-17-9-5-4-8-14(17)18(15)21/h1-9,13,15H,10-11H2. The molecule has 1 aliphatic heterocycles. The lowest BCUT2D eigenvalue weighted by Gasteiger charge is -2.14. The van der Waals surface area contributed by atoms with Crippen LogP contribution in [0.5, 0.6) is 0 Å². The topological polar surface area (TPSA) is 34.1 Å². The molecule has 2 atom stereocenters. The van der Waals surface area contributed by atoms with Crippen LogP contribution in [0.3, 0.4) is 0 Å². The highest BCUT2D eigenvalue weighted by Crippen LogP contribution is 2.38. The van der Waals surface area contributed by atoms with Crippen LogP contribution < -0.4 is 0 Å². The molecule has 0 saturated heterocycles. The molecule has 0 aliphatic carbocycles. The van der Waals surface area contributed by atoms with Gasteiger partial charge in [0.2, 0.25) is 0 Å². The Bertz CT molecular complexity index is 699. The lowest BCUT2D eigenvalue weighted by atomic mass is 10.0. The van der Waals surface area contributed by atoms with Crippen LogP contribution in [0.4, 0.5) is 0 Å². The smallest absolute Gasteiger partial charge is 0.177 e. The van der Waals surface area contributed by atoms with Gasteiger partial charge in [-0.05, 0) is 12.5 Å². The molecule has 1 heterocycles. The fourth-order valence-electron chi connectivity index (χ4n) is 2.58. The maximum Gasteiger partial charge on any atom is 0.177 e. The van der Waals surface area contributed by atoms with Crippen LogP contribution in [-0.4, -0.2) is 21.6 Å². The summed E-state index contributed by atoms with van der Waals surface area (Å²) in [4.78, 5) is 25.6. The van der Waals surface area contributed by atoms with Gasteiger partial charge in [-0.1, -0.05) is 64.5 Å². The number of thioether (sulfide) groups is 1. The number of ketones is 2. The monoisotopic (exact) mass is 374 g/mol. The second-order valence-electron chi connectivity index (χ2n) is 5.30. The summed E-state index contributed by atoms with van der Waals surface area (Å²) < 4.78 is 0. The summed E-state index contributed by atoms with van der Waals surface area (Å²) in [5.41, 5.74) is 1.49. The Kier molecular flexibility index (Phi) is 4.79. The van der Waals surface area contributed by atoms with Gasteiger partial charge in [-0.15, -0.1) is 11.8 Å². The normalized spacial score (nSPS) is 21.0. The number of halogens is 1. The van der Waals surface area contributed by atoms with E-state index in [1.165, 1.54) is 0 Å². The molecule has 0 saturated carbocycles. The summed E-state index contributed by atoms with van der Waals surface area (Å²) in [7, 11) is 0. The van der Waals surface area contributed by atoms with E-state index in [2.05, 4.69) is 15.9 Å². The first kappa shape index (κ1) is 15.5. The average molecular weight is 375 g/mol. The van der Waals surface area contributed by atoms with Crippen molar-refractivity contribution in [3.8, 4) is 0 Å². The molecule has 2 unspecified atom stereocenters. The highest BCUT2D eigenvalue weighted by atomic mass is 79.9. The number of benzene rings is 2. The summed E-state index contributed by atoms with van der Waals surface area (Å²) in [5, 5.41) is 0.102. The summed E-state index contributed by atoms with van der Waals surface area (Å²) in [6.45, 7) is 0. The highest BCUT2D eigenvalue weighted by Gasteiger charge is 2.30. The van der Waals surface area contributed by atoms with Crippen LogP contribution in [0.15, 0.2) is 59.5 Å². The molecule has 22 heavy (non-hydrogen) atoms. The maximum absolute atomic E-state index is 12.4. The molecular weight excluding hydrogens is 360 g/mol. The lowest BCUT2D eigenvalue weighted by molar-refractivity contribution is 0.0962. The zero-order valence-electron chi connectivity index (χ0n) is 11.9. The van der Waals surface area contributed by atoms with E-state index >= 15 is 0 Å². The third-order valence-corrected chi connectivity index (χ3v) is 5.80. The van der Waals surface area contributed by atoms with Gasteiger partial charge >= 0.3 is 0 Å². The number of carbonyl (C=O) groups excluding carboxylic acids is 2. The van der Waals surface area contributed by atoms with Gasteiger partial charge in [-0.25, -0.2) is 0 Å². The number of alkyl halides is 1. The van der Waals surface area contributed by atoms with E-state index in [9.17, 15) is 9.59 Å². The van der Waals surface area contributed by atoms with Gasteiger partial charge in [0.1, 0.15) is 0 Å². The number of hydrogen-bond acceptors (Lipinski definition) is 3. The van der Waals surface area contributed by atoms with Gasteiger partial charge in [-0.3, -0.25) is 9.59 Å². The molecule has 3 rings (SSSR count). The maximum atomic E-state index is 12.4. The van der Waals surface area contributed by atoms with Crippen LogP contribution in [0.1, 0.15) is 33.6 Å². The number of hydrogen-bond donors (Lipinski definition) is 0. The SMILES string of the molecule is O=C(CC1CC(Br)C(=O)c2ccccc2S1)c1ccccc1. The molecule has 1 aliphatic rings. The number of carbonyl (C=O) groups is 2. The summed E-state index contributed by atoms with van der Waals surface area (Å²) in [6, 6.07) is 17.0. The summed E-state index contributed by atoms with van der Waals surface area (Å²) in [6.07, 6.45) is 1.11. The predicted octanol–water partition coefficient (Wildman–Crippen LogP) is 4.77. The molecule has 2 aromatic carbocycles. The fourth-order valence-corrected chi connectivity index (χ4v) is 4.86. The molecular formula is C18H15BrO2S. The largest absolute Gasteiger partial charge is 0.294 e. The molecule has 112 valence electrons. The van der Waals surface area contributed by atoms with E-state index in [1.807, 2.05) is 54.6 Å². The molecule has 4 heteroatoms. The van der Waals surface area contributed by atoms with Crippen molar-refractivity contribution < 1.29 is 9.59 Å².